The Hall–Kier alpha value is -1.39. The van der Waals surface area contributed by atoms with E-state index in [1.54, 1.807) is 0 Å². The summed E-state index contributed by atoms with van der Waals surface area (Å²) in [5.74, 6) is 0. The summed E-state index contributed by atoms with van der Waals surface area (Å²) in [5, 5.41) is 4.53. The highest BCUT2D eigenvalue weighted by molar-refractivity contribution is 9.10. The molecule has 0 bridgehead atoms. The summed E-state index contributed by atoms with van der Waals surface area (Å²) >= 11 is 7.05. The molecule has 0 aliphatic rings. The van der Waals surface area contributed by atoms with Crippen molar-refractivity contribution < 1.29 is 0 Å². The van der Waals surface area contributed by atoms with E-state index in [1.165, 1.54) is 0 Å². The van der Waals surface area contributed by atoms with Crippen molar-refractivity contribution in [2.75, 3.05) is 5.32 Å². The second-order valence-electron chi connectivity index (χ2n) is 4.12. The summed E-state index contributed by atoms with van der Waals surface area (Å²) in [6.45, 7) is 0. The van der Waals surface area contributed by atoms with Crippen LogP contribution in [0.3, 0.4) is 0 Å². The Morgan fingerprint density at radius 3 is 2.58 bits per heavy atom. The van der Waals surface area contributed by atoms with E-state index >= 15 is 0 Å². The Balaban J connectivity index is 2.10. The lowest BCUT2D eigenvalue weighted by Crippen LogP contribution is -1.93. The number of anilines is 2. The highest BCUT2D eigenvalue weighted by Crippen LogP contribution is 2.30. The number of aromatic nitrogens is 1. The maximum Gasteiger partial charge on any atom is 0.0723 e. The van der Waals surface area contributed by atoms with Crippen LogP contribution in [0, 0.1) is 0 Å². The molecule has 0 saturated heterocycles. The monoisotopic (exact) mass is 376 g/mol. The van der Waals surface area contributed by atoms with E-state index < -0.39 is 0 Å². The smallest absolute Gasteiger partial charge is 0.0723 e. The van der Waals surface area contributed by atoms with Crippen molar-refractivity contribution in [3.05, 3.63) is 63.7 Å². The van der Waals surface area contributed by atoms with Gasteiger partial charge in [-0.3, -0.25) is 4.98 Å². The lowest BCUT2D eigenvalue weighted by molar-refractivity contribution is 1.40. The molecule has 0 aliphatic carbocycles. The van der Waals surface area contributed by atoms with Crippen molar-refractivity contribution in [3.8, 4) is 0 Å². The van der Waals surface area contributed by atoms with Gasteiger partial charge in [0.15, 0.2) is 0 Å². The van der Waals surface area contributed by atoms with Crippen LogP contribution in [0.4, 0.5) is 11.4 Å². The van der Waals surface area contributed by atoms with Crippen LogP contribution in [-0.4, -0.2) is 4.98 Å². The number of pyridine rings is 1. The number of fused-ring (bicyclic) bond motifs is 1. The van der Waals surface area contributed by atoms with Crippen molar-refractivity contribution in [1.29, 1.82) is 0 Å². The minimum absolute atomic E-state index is 0.972. The molecule has 0 spiro atoms. The van der Waals surface area contributed by atoms with Crippen LogP contribution in [0.5, 0.6) is 0 Å². The molecule has 1 heterocycles. The van der Waals surface area contributed by atoms with Crippen molar-refractivity contribution >= 4 is 54.1 Å². The SMILES string of the molecule is Brc1ccc2nccc(Nc3ccccc3Br)c2c1. The van der Waals surface area contributed by atoms with Gasteiger partial charge in [-0.25, -0.2) is 0 Å². The van der Waals surface area contributed by atoms with Gasteiger partial charge in [0.1, 0.15) is 0 Å². The topological polar surface area (TPSA) is 24.9 Å². The molecule has 4 heteroatoms. The summed E-state index contributed by atoms with van der Waals surface area (Å²) < 4.78 is 2.08. The molecule has 0 fully saturated rings. The molecule has 3 rings (SSSR count). The Bertz CT molecular complexity index is 741. The fraction of sp³-hybridized carbons (Fsp3) is 0. The normalized spacial score (nSPS) is 10.6. The molecule has 0 radical (unpaired) electrons. The van der Waals surface area contributed by atoms with Crippen molar-refractivity contribution in [1.82, 2.24) is 4.98 Å². The second kappa shape index (κ2) is 5.31. The maximum atomic E-state index is 4.37. The van der Waals surface area contributed by atoms with Crippen molar-refractivity contribution in [2.24, 2.45) is 0 Å². The second-order valence-corrected chi connectivity index (χ2v) is 5.89. The molecule has 3 aromatic rings. The zero-order valence-corrected chi connectivity index (χ0v) is 13.1. The van der Waals surface area contributed by atoms with E-state index in [9.17, 15) is 0 Å². The van der Waals surface area contributed by atoms with E-state index in [1.807, 2.05) is 48.7 Å². The molecular formula is C15H10Br2N2. The highest BCUT2D eigenvalue weighted by atomic mass is 79.9. The van der Waals surface area contributed by atoms with Crippen molar-refractivity contribution in [2.45, 2.75) is 0 Å². The largest absolute Gasteiger partial charge is 0.354 e. The zero-order chi connectivity index (χ0) is 13.2. The molecular weight excluding hydrogens is 368 g/mol. The van der Waals surface area contributed by atoms with Crippen LogP contribution in [-0.2, 0) is 0 Å². The van der Waals surface area contributed by atoms with Gasteiger partial charge in [0.05, 0.1) is 11.2 Å². The summed E-state index contributed by atoms with van der Waals surface area (Å²) in [6, 6.07) is 16.1. The maximum absolute atomic E-state index is 4.37. The van der Waals surface area contributed by atoms with Crippen LogP contribution in [0.25, 0.3) is 10.9 Å². The summed E-state index contributed by atoms with van der Waals surface area (Å²) in [4.78, 5) is 4.37. The fourth-order valence-electron chi connectivity index (χ4n) is 1.94. The van der Waals surface area contributed by atoms with Gasteiger partial charge in [-0.05, 0) is 52.3 Å². The number of nitrogens with one attached hydrogen (secondary N) is 1. The van der Waals surface area contributed by atoms with Gasteiger partial charge in [-0.1, -0.05) is 28.1 Å². The first-order chi connectivity index (χ1) is 9.24. The van der Waals surface area contributed by atoms with Gasteiger partial charge in [0.25, 0.3) is 0 Å². The standard InChI is InChI=1S/C15H10Br2N2/c16-10-5-6-13-11(9-10)14(7-8-18-13)19-15-4-2-1-3-12(15)17/h1-9H,(H,18,19). The molecule has 0 unspecified atom stereocenters. The van der Waals surface area contributed by atoms with E-state index in [0.717, 1.165) is 31.2 Å². The summed E-state index contributed by atoms with van der Waals surface area (Å²) in [7, 11) is 0. The number of rotatable bonds is 2. The third-order valence-electron chi connectivity index (χ3n) is 2.85. The number of hydrogen-bond acceptors (Lipinski definition) is 2. The molecule has 1 N–H and O–H groups in total. The molecule has 1 aromatic heterocycles. The van der Waals surface area contributed by atoms with Crippen molar-refractivity contribution in [3.63, 3.8) is 0 Å². The van der Waals surface area contributed by atoms with Gasteiger partial charge in [-0.15, -0.1) is 0 Å². The first-order valence-electron chi connectivity index (χ1n) is 5.80. The molecule has 2 aromatic carbocycles. The van der Waals surface area contributed by atoms with E-state index in [4.69, 9.17) is 0 Å². The predicted molar refractivity (Wildman–Crippen MR) is 86.9 cm³/mol. The Morgan fingerprint density at radius 1 is 0.895 bits per heavy atom. The quantitative estimate of drug-likeness (QED) is 0.637. The van der Waals surface area contributed by atoms with E-state index in [-0.39, 0.29) is 0 Å². The van der Waals surface area contributed by atoms with E-state index in [2.05, 4.69) is 48.2 Å². The molecule has 0 atom stereocenters. The lowest BCUT2D eigenvalue weighted by Gasteiger charge is -2.11. The van der Waals surface area contributed by atoms with Crippen LogP contribution in [0.1, 0.15) is 0 Å². The van der Waals surface area contributed by atoms with Gasteiger partial charge in [0.2, 0.25) is 0 Å². The molecule has 0 aliphatic heterocycles. The average molecular weight is 378 g/mol. The minimum Gasteiger partial charge on any atom is -0.354 e. The third-order valence-corrected chi connectivity index (χ3v) is 4.03. The highest BCUT2D eigenvalue weighted by Gasteiger charge is 2.04. The third kappa shape index (κ3) is 2.65. The van der Waals surface area contributed by atoms with Crippen LogP contribution < -0.4 is 5.32 Å². The fourth-order valence-corrected chi connectivity index (χ4v) is 2.68. The molecule has 2 nitrogen and oxygen atoms in total. The molecule has 19 heavy (non-hydrogen) atoms. The minimum atomic E-state index is 0.972. The summed E-state index contributed by atoms with van der Waals surface area (Å²) in [5.41, 5.74) is 3.05. The van der Waals surface area contributed by atoms with Gasteiger partial charge in [-0.2, -0.15) is 0 Å². The van der Waals surface area contributed by atoms with E-state index in [0.29, 0.717) is 0 Å². The first kappa shape index (κ1) is 12.6. The predicted octanol–water partition coefficient (Wildman–Crippen LogP) is 5.50. The van der Waals surface area contributed by atoms with Crippen LogP contribution >= 0.6 is 31.9 Å². The average Bonchev–Trinajstić information content (AvgIpc) is 2.42. The van der Waals surface area contributed by atoms with Crippen LogP contribution in [0.15, 0.2) is 63.7 Å². The van der Waals surface area contributed by atoms with Crippen LogP contribution in [0.2, 0.25) is 0 Å². The summed E-state index contributed by atoms with van der Waals surface area (Å²) in [6.07, 6.45) is 1.81. The number of benzene rings is 2. The molecule has 0 amide bonds. The van der Waals surface area contributed by atoms with Gasteiger partial charge >= 0.3 is 0 Å². The molecule has 94 valence electrons. The lowest BCUT2D eigenvalue weighted by atomic mass is 10.2. The number of nitrogens with zero attached hydrogens (tertiary/aromatic N) is 1. The zero-order valence-electron chi connectivity index (χ0n) is 9.90. The van der Waals surface area contributed by atoms with Gasteiger partial charge in [0, 0.05) is 26.2 Å². The number of halogens is 2. The Morgan fingerprint density at radius 2 is 1.74 bits per heavy atom. The number of para-hydroxylation sites is 1. The van der Waals surface area contributed by atoms with Gasteiger partial charge < -0.3 is 5.32 Å². The first-order valence-corrected chi connectivity index (χ1v) is 7.38. The molecule has 0 saturated carbocycles. The number of hydrogen-bond donors (Lipinski definition) is 1. The Kier molecular flexibility index (Phi) is 3.53. The Labute approximate surface area is 128 Å².